The number of amides is 2. The predicted molar refractivity (Wildman–Crippen MR) is 179 cm³/mol. The maximum Gasteiger partial charge on any atom is 0.258 e. The van der Waals surface area contributed by atoms with E-state index < -0.39 is 0 Å². The minimum atomic E-state index is -0.161. The fourth-order valence-electron chi connectivity index (χ4n) is 5.36. The smallest absolute Gasteiger partial charge is 0.258 e. The van der Waals surface area contributed by atoms with Crippen molar-refractivity contribution in [3.63, 3.8) is 0 Å². The first-order valence-electron chi connectivity index (χ1n) is 15.1. The molecule has 1 N–H and O–H groups in total. The lowest BCUT2D eigenvalue weighted by Crippen LogP contribution is -2.41. The second-order valence-electron chi connectivity index (χ2n) is 12.9. The van der Waals surface area contributed by atoms with E-state index >= 15 is 0 Å². The Bertz CT molecular complexity index is 1390. The van der Waals surface area contributed by atoms with Gasteiger partial charge in [0.1, 0.15) is 0 Å². The summed E-state index contributed by atoms with van der Waals surface area (Å²) in [5.41, 5.74) is 4.89. The van der Waals surface area contributed by atoms with Crippen molar-refractivity contribution >= 4 is 23.2 Å². The molecule has 0 unspecified atom stereocenters. The van der Waals surface area contributed by atoms with Gasteiger partial charge in [-0.1, -0.05) is 114 Å². The largest absolute Gasteiger partial charge is 0.313 e. The standard InChI is InChI=1S/C38H45N3O2/c1-37(2,3)33-23-15-13-21-31(33)35(42)40(29-17-9-7-10-18-29)27-25-39-26-28-41(30-19-11-8-12-20-30)36(43)32-22-14-16-24-34(32)38(4,5)6/h7-24,39H,25-28H2,1-6H3. The average Bonchev–Trinajstić information content (AvgIpc) is 3.00. The zero-order chi connectivity index (χ0) is 31.0. The number of rotatable bonds is 10. The molecule has 224 valence electrons. The highest BCUT2D eigenvalue weighted by molar-refractivity contribution is 6.08. The molecular formula is C38H45N3O2. The number of hydrogen-bond donors (Lipinski definition) is 1. The van der Waals surface area contributed by atoms with Crippen molar-refractivity contribution in [2.24, 2.45) is 0 Å². The van der Waals surface area contributed by atoms with Crippen molar-refractivity contribution in [3.8, 4) is 0 Å². The van der Waals surface area contributed by atoms with Gasteiger partial charge in [0.05, 0.1) is 0 Å². The summed E-state index contributed by atoms with van der Waals surface area (Å²) in [6.07, 6.45) is 0. The fraction of sp³-hybridized carbons (Fsp3) is 0.316. The number of nitrogens with one attached hydrogen (secondary N) is 1. The van der Waals surface area contributed by atoms with Gasteiger partial charge >= 0.3 is 0 Å². The first kappa shape index (κ1) is 31.7. The van der Waals surface area contributed by atoms with Crippen LogP contribution in [-0.4, -0.2) is 38.0 Å². The molecule has 0 fully saturated rings. The molecule has 4 aromatic carbocycles. The molecule has 4 aromatic rings. The minimum absolute atomic E-state index is 0.0154. The third-order valence-corrected chi connectivity index (χ3v) is 7.58. The Morgan fingerprint density at radius 1 is 0.512 bits per heavy atom. The molecule has 43 heavy (non-hydrogen) atoms. The van der Waals surface area contributed by atoms with Crippen LogP contribution in [0.15, 0.2) is 109 Å². The zero-order valence-corrected chi connectivity index (χ0v) is 26.4. The predicted octanol–water partition coefficient (Wildman–Crippen LogP) is 7.87. The molecule has 2 amide bonds. The summed E-state index contributed by atoms with van der Waals surface area (Å²) in [7, 11) is 0. The van der Waals surface area contributed by atoms with Crippen molar-refractivity contribution in [2.75, 3.05) is 36.0 Å². The van der Waals surface area contributed by atoms with Crippen LogP contribution in [0, 0.1) is 0 Å². The molecule has 0 aliphatic rings. The van der Waals surface area contributed by atoms with E-state index in [4.69, 9.17) is 0 Å². The number of carbonyl (C=O) groups excluding carboxylic acids is 2. The van der Waals surface area contributed by atoms with Gasteiger partial charge in [-0.25, -0.2) is 0 Å². The van der Waals surface area contributed by atoms with Crippen LogP contribution in [0.25, 0.3) is 0 Å². The van der Waals surface area contributed by atoms with Crippen LogP contribution in [0.4, 0.5) is 11.4 Å². The monoisotopic (exact) mass is 575 g/mol. The fourth-order valence-corrected chi connectivity index (χ4v) is 5.36. The van der Waals surface area contributed by atoms with Crippen molar-refractivity contribution in [2.45, 2.75) is 52.4 Å². The van der Waals surface area contributed by atoms with Crippen LogP contribution in [-0.2, 0) is 10.8 Å². The van der Waals surface area contributed by atoms with Gasteiger partial charge in [-0.05, 0) is 58.4 Å². The van der Waals surface area contributed by atoms with E-state index in [0.29, 0.717) is 26.2 Å². The maximum absolute atomic E-state index is 14.0. The van der Waals surface area contributed by atoms with Crippen molar-refractivity contribution in [3.05, 3.63) is 131 Å². The van der Waals surface area contributed by atoms with E-state index in [1.807, 2.05) is 119 Å². The van der Waals surface area contributed by atoms with Gasteiger partial charge < -0.3 is 15.1 Å². The van der Waals surface area contributed by atoms with E-state index in [2.05, 4.69) is 46.9 Å². The summed E-state index contributed by atoms with van der Waals surface area (Å²) in [5, 5.41) is 3.50. The first-order valence-corrected chi connectivity index (χ1v) is 15.1. The van der Waals surface area contributed by atoms with Gasteiger partial charge in [0.2, 0.25) is 0 Å². The summed E-state index contributed by atoms with van der Waals surface area (Å²) in [5.74, 6) is -0.0307. The van der Waals surface area contributed by atoms with Gasteiger partial charge in [0.25, 0.3) is 11.8 Å². The SMILES string of the molecule is CC(C)(C)c1ccccc1C(=O)N(CCNCCN(C(=O)c1ccccc1C(C)(C)C)c1ccccc1)c1ccccc1. The summed E-state index contributed by atoms with van der Waals surface area (Å²) in [4.78, 5) is 31.6. The van der Waals surface area contributed by atoms with E-state index in [1.165, 1.54) is 0 Å². The van der Waals surface area contributed by atoms with Gasteiger partial charge in [0, 0.05) is 48.7 Å². The van der Waals surface area contributed by atoms with Gasteiger partial charge in [-0.15, -0.1) is 0 Å². The van der Waals surface area contributed by atoms with E-state index in [9.17, 15) is 9.59 Å². The topological polar surface area (TPSA) is 52.7 Å². The molecule has 0 aliphatic heterocycles. The molecule has 0 spiro atoms. The molecule has 0 saturated heterocycles. The Kier molecular flexibility index (Phi) is 10.2. The highest BCUT2D eigenvalue weighted by Crippen LogP contribution is 2.29. The Balaban J connectivity index is 1.50. The molecule has 0 aromatic heterocycles. The van der Waals surface area contributed by atoms with Crippen molar-refractivity contribution < 1.29 is 9.59 Å². The van der Waals surface area contributed by atoms with Gasteiger partial charge in [-0.3, -0.25) is 9.59 Å². The number of carbonyl (C=O) groups is 2. The molecular weight excluding hydrogens is 530 g/mol. The molecule has 0 aliphatic carbocycles. The van der Waals surface area contributed by atoms with Gasteiger partial charge in [-0.2, -0.15) is 0 Å². The lowest BCUT2D eigenvalue weighted by molar-refractivity contribution is 0.0979. The Hall–Kier alpha value is -4.22. The summed E-state index contributed by atoms with van der Waals surface area (Å²) in [6.45, 7) is 14.9. The summed E-state index contributed by atoms with van der Waals surface area (Å²) in [6, 6.07) is 35.4. The average molecular weight is 576 g/mol. The molecule has 5 heteroatoms. The highest BCUT2D eigenvalue weighted by atomic mass is 16.2. The Labute approximate surface area is 257 Å². The molecule has 0 bridgehead atoms. The molecule has 5 nitrogen and oxygen atoms in total. The lowest BCUT2D eigenvalue weighted by Gasteiger charge is -2.29. The lowest BCUT2D eigenvalue weighted by atomic mass is 9.83. The number of benzene rings is 4. The van der Waals surface area contributed by atoms with Crippen LogP contribution >= 0.6 is 0 Å². The van der Waals surface area contributed by atoms with Crippen molar-refractivity contribution in [1.29, 1.82) is 0 Å². The Morgan fingerprint density at radius 3 is 1.19 bits per heavy atom. The van der Waals surface area contributed by atoms with Crippen LogP contribution in [0.3, 0.4) is 0 Å². The summed E-state index contributed by atoms with van der Waals surface area (Å²) < 4.78 is 0. The summed E-state index contributed by atoms with van der Waals surface area (Å²) >= 11 is 0. The van der Waals surface area contributed by atoms with Crippen molar-refractivity contribution in [1.82, 2.24) is 5.32 Å². The maximum atomic E-state index is 14.0. The minimum Gasteiger partial charge on any atom is -0.313 e. The van der Waals surface area contributed by atoms with Crippen LogP contribution < -0.4 is 15.1 Å². The highest BCUT2D eigenvalue weighted by Gasteiger charge is 2.27. The van der Waals surface area contributed by atoms with Crippen LogP contribution in [0.5, 0.6) is 0 Å². The Morgan fingerprint density at radius 2 is 0.837 bits per heavy atom. The second-order valence-corrected chi connectivity index (χ2v) is 12.9. The molecule has 0 radical (unpaired) electrons. The molecule has 4 rings (SSSR count). The second kappa shape index (κ2) is 13.8. The normalized spacial score (nSPS) is 11.7. The molecule has 0 atom stereocenters. The number of nitrogens with zero attached hydrogens (tertiary/aromatic N) is 2. The number of anilines is 2. The third-order valence-electron chi connectivity index (χ3n) is 7.58. The third kappa shape index (κ3) is 7.99. The van der Waals surface area contributed by atoms with Gasteiger partial charge in [0.15, 0.2) is 0 Å². The zero-order valence-electron chi connectivity index (χ0n) is 26.4. The first-order chi connectivity index (χ1) is 20.5. The number of hydrogen-bond acceptors (Lipinski definition) is 3. The number of para-hydroxylation sites is 2. The quantitative estimate of drug-likeness (QED) is 0.196. The van der Waals surface area contributed by atoms with E-state index in [0.717, 1.165) is 33.6 Å². The molecule has 0 heterocycles. The molecule has 0 saturated carbocycles. The van der Waals surface area contributed by atoms with E-state index in [-0.39, 0.29) is 22.6 Å². The van der Waals surface area contributed by atoms with Crippen LogP contribution in [0.1, 0.15) is 73.4 Å². The van der Waals surface area contributed by atoms with Crippen LogP contribution in [0.2, 0.25) is 0 Å². The van der Waals surface area contributed by atoms with E-state index in [1.54, 1.807) is 0 Å².